The van der Waals surface area contributed by atoms with Crippen LogP contribution in [0.2, 0.25) is 0 Å². The topological polar surface area (TPSA) is 94.2 Å². The van der Waals surface area contributed by atoms with Crippen LogP contribution in [0.4, 0.5) is 0 Å². The SMILES string of the molecule is O=C(Cc1cccnc1)N1CCC2(CC1)CC(Cc1nc(-c3ccncc3)no1)CCO2. The average molecular weight is 434 g/mol. The first-order valence-electron chi connectivity index (χ1n) is 11.2. The highest BCUT2D eigenvalue weighted by molar-refractivity contribution is 5.78. The maximum absolute atomic E-state index is 12.7. The van der Waals surface area contributed by atoms with E-state index in [1.165, 1.54) is 0 Å². The van der Waals surface area contributed by atoms with Crippen molar-refractivity contribution >= 4 is 5.91 Å². The number of likely N-dealkylation sites (tertiary alicyclic amines) is 1. The Morgan fingerprint density at radius 1 is 1.12 bits per heavy atom. The zero-order valence-corrected chi connectivity index (χ0v) is 18.0. The molecule has 32 heavy (non-hydrogen) atoms. The number of hydrogen-bond donors (Lipinski definition) is 0. The molecule has 0 radical (unpaired) electrons. The smallest absolute Gasteiger partial charge is 0.227 e. The number of pyridine rings is 2. The Hall–Kier alpha value is -3.13. The van der Waals surface area contributed by atoms with Gasteiger partial charge in [-0.15, -0.1) is 0 Å². The van der Waals surface area contributed by atoms with Gasteiger partial charge in [0, 0.05) is 56.5 Å². The van der Waals surface area contributed by atoms with Crippen molar-refractivity contribution in [2.45, 2.75) is 44.1 Å². The molecular formula is C24H27N5O3. The Balaban J connectivity index is 1.16. The summed E-state index contributed by atoms with van der Waals surface area (Å²) in [7, 11) is 0. The third-order valence-corrected chi connectivity index (χ3v) is 6.57. The standard InChI is InChI=1S/C24H27N5O3/c30-22(15-19-2-1-8-26-17-19)29-11-6-24(7-12-29)16-18(5-13-31-24)14-21-27-23(28-32-21)20-3-9-25-10-4-20/h1-4,8-10,17-18H,5-7,11-16H2. The van der Waals surface area contributed by atoms with Crippen LogP contribution < -0.4 is 0 Å². The van der Waals surface area contributed by atoms with Crippen LogP contribution in [0.3, 0.4) is 0 Å². The number of aromatic nitrogens is 4. The summed E-state index contributed by atoms with van der Waals surface area (Å²) in [6.07, 6.45) is 11.8. The summed E-state index contributed by atoms with van der Waals surface area (Å²) in [5.41, 5.74) is 1.71. The highest BCUT2D eigenvalue weighted by Gasteiger charge is 2.41. The van der Waals surface area contributed by atoms with E-state index in [2.05, 4.69) is 20.1 Å². The first kappa shape index (κ1) is 20.8. The van der Waals surface area contributed by atoms with Gasteiger partial charge >= 0.3 is 0 Å². The molecule has 0 saturated carbocycles. The van der Waals surface area contributed by atoms with Crippen LogP contribution in [-0.4, -0.2) is 56.2 Å². The van der Waals surface area contributed by atoms with E-state index in [9.17, 15) is 4.79 Å². The molecule has 166 valence electrons. The second kappa shape index (κ2) is 9.16. The summed E-state index contributed by atoms with van der Waals surface area (Å²) in [6.45, 7) is 2.21. The first-order valence-corrected chi connectivity index (χ1v) is 11.2. The minimum atomic E-state index is -0.151. The van der Waals surface area contributed by atoms with Gasteiger partial charge in [0.25, 0.3) is 0 Å². The van der Waals surface area contributed by atoms with Crippen molar-refractivity contribution in [3.8, 4) is 11.4 Å². The summed E-state index contributed by atoms with van der Waals surface area (Å²) in [4.78, 5) is 27.4. The lowest BCUT2D eigenvalue weighted by molar-refractivity contribution is -0.146. The predicted octanol–water partition coefficient (Wildman–Crippen LogP) is 3.10. The minimum Gasteiger partial charge on any atom is -0.375 e. The minimum absolute atomic E-state index is 0.151. The normalized spacial score (nSPS) is 20.4. The molecular weight excluding hydrogens is 406 g/mol. The van der Waals surface area contributed by atoms with E-state index in [0.717, 1.165) is 62.9 Å². The lowest BCUT2D eigenvalue weighted by atomic mass is 9.78. The Morgan fingerprint density at radius 3 is 2.75 bits per heavy atom. The van der Waals surface area contributed by atoms with Crippen LogP contribution in [-0.2, 0) is 22.4 Å². The number of ether oxygens (including phenoxy) is 1. The van der Waals surface area contributed by atoms with Gasteiger partial charge in [0.2, 0.25) is 17.6 Å². The Labute approximate surface area is 187 Å². The molecule has 1 amide bonds. The monoisotopic (exact) mass is 433 g/mol. The van der Waals surface area contributed by atoms with Crippen molar-refractivity contribution in [2.75, 3.05) is 19.7 Å². The van der Waals surface area contributed by atoms with Crippen molar-refractivity contribution in [1.29, 1.82) is 0 Å². The van der Waals surface area contributed by atoms with E-state index in [4.69, 9.17) is 9.26 Å². The fraction of sp³-hybridized carbons (Fsp3) is 0.458. The van der Waals surface area contributed by atoms with Gasteiger partial charge in [-0.3, -0.25) is 14.8 Å². The van der Waals surface area contributed by atoms with E-state index in [0.29, 0.717) is 24.1 Å². The lowest BCUT2D eigenvalue weighted by Gasteiger charge is -2.46. The van der Waals surface area contributed by atoms with Gasteiger partial charge in [-0.1, -0.05) is 11.2 Å². The lowest BCUT2D eigenvalue weighted by Crippen LogP contribution is -2.51. The molecule has 3 aromatic rings. The van der Waals surface area contributed by atoms with Crippen LogP contribution in [0.15, 0.2) is 53.6 Å². The molecule has 0 aliphatic carbocycles. The van der Waals surface area contributed by atoms with E-state index >= 15 is 0 Å². The third-order valence-electron chi connectivity index (χ3n) is 6.57. The van der Waals surface area contributed by atoms with Crippen molar-refractivity contribution in [1.82, 2.24) is 25.0 Å². The molecule has 3 aromatic heterocycles. The van der Waals surface area contributed by atoms with Crippen LogP contribution in [0.5, 0.6) is 0 Å². The Kier molecular flexibility index (Phi) is 5.94. The van der Waals surface area contributed by atoms with E-state index < -0.39 is 0 Å². The van der Waals surface area contributed by atoms with Crippen molar-refractivity contribution in [2.24, 2.45) is 5.92 Å². The summed E-state index contributed by atoms with van der Waals surface area (Å²) in [5.74, 6) is 1.87. The van der Waals surface area contributed by atoms with Crippen LogP contribution in [0, 0.1) is 5.92 Å². The fourth-order valence-electron chi connectivity index (χ4n) is 4.81. The molecule has 1 unspecified atom stereocenters. The van der Waals surface area contributed by atoms with Crippen LogP contribution >= 0.6 is 0 Å². The van der Waals surface area contributed by atoms with Gasteiger partial charge in [-0.05, 0) is 55.4 Å². The first-order chi connectivity index (χ1) is 15.7. The molecule has 0 N–H and O–H groups in total. The zero-order chi connectivity index (χ0) is 21.8. The maximum Gasteiger partial charge on any atom is 0.227 e. The van der Waals surface area contributed by atoms with Crippen LogP contribution in [0.1, 0.15) is 37.1 Å². The number of hydrogen-bond acceptors (Lipinski definition) is 7. The van der Waals surface area contributed by atoms with Gasteiger partial charge in [-0.2, -0.15) is 4.98 Å². The molecule has 8 nitrogen and oxygen atoms in total. The summed E-state index contributed by atoms with van der Waals surface area (Å²) < 4.78 is 11.8. The summed E-state index contributed by atoms with van der Waals surface area (Å²) >= 11 is 0. The largest absolute Gasteiger partial charge is 0.375 e. The number of carbonyl (C=O) groups excluding carboxylic acids is 1. The highest BCUT2D eigenvalue weighted by Crippen LogP contribution is 2.39. The molecule has 2 fully saturated rings. The summed E-state index contributed by atoms with van der Waals surface area (Å²) in [5, 5.41) is 4.13. The van der Waals surface area contributed by atoms with Crippen molar-refractivity contribution < 1.29 is 14.1 Å². The molecule has 5 heterocycles. The third kappa shape index (κ3) is 4.70. The number of rotatable bonds is 5. The second-order valence-electron chi connectivity index (χ2n) is 8.76. The molecule has 8 heteroatoms. The van der Waals surface area contributed by atoms with Gasteiger partial charge in [-0.25, -0.2) is 0 Å². The predicted molar refractivity (Wildman–Crippen MR) is 116 cm³/mol. The number of nitrogens with zero attached hydrogens (tertiary/aromatic N) is 5. The quantitative estimate of drug-likeness (QED) is 0.610. The van der Waals surface area contributed by atoms with Gasteiger partial charge in [0.1, 0.15) is 0 Å². The molecule has 2 aliphatic rings. The Bertz CT molecular complexity index is 1030. The molecule has 1 spiro atoms. The highest BCUT2D eigenvalue weighted by atomic mass is 16.5. The van der Waals surface area contributed by atoms with Gasteiger partial charge < -0.3 is 14.2 Å². The molecule has 0 bridgehead atoms. The maximum atomic E-state index is 12.7. The number of piperidine rings is 1. The van der Waals surface area contributed by atoms with Crippen molar-refractivity contribution in [3.05, 3.63) is 60.5 Å². The zero-order valence-electron chi connectivity index (χ0n) is 18.0. The molecule has 1 atom stereocenters. The summed E-state index contributed by atoms with van der Waals surface area (Å²) in [6, 6.07) is 7.57. The Morgan fingerprint density at radius 2 is 1.97 bits per heavy atom. The average Bonchev–Trinajstić information content (AvgIpc) is 3.29. The van der Waals surface area contributed by atoms with Crippen molar-refractivity contribution in [3.63, 3.8) is 0 Å². The number of carbonyl (C=O) groups is 1. The van der Waals surface area contributed by atoms with E-state index in [-0.39, 0.29) is 11.5 Å². The molecule has 0 aromatic carbocycles. The molecule has 5 rings (SSSR count). The van der Waals surface area contributed by atoms with Gasteiger partial charge in [0.05, 0.1) is 12.0 Å². The van der Waals surface area contributed by atoms with E-state index in [1.54, 1.807) is 24.8 Å². The van der Waals surface area contributed by atoms with E-state index in [1.807, 2.05) is 29.2 Å². The molecule has 2 aliphatic heterocycles. The second-order valence-corrected chi connectivity index (χ2v) is 8.76. The number of amides is 1. The van der Waals surface area contributed by atoms with Crippen LogP contribution in [0.25, 0.3) is 11.4 Å². The fourth-order valence-corrected chi connectivity index (χ4v) is 4.81. The molecule has 2 saturated heterocycles. The van der Waals surface area contributed by atoms with Gasteiger partial charge in [0.15, 0.2) is 0 Å².